The van der Waals surface area contributed by atoms with Gasteiger partial charge in [-0.15, -0.1) is 0 Å². The standard InChI is InChI=1S/C17H10ClF2NO2/c1-23-16-11-7-6-9(17(18)22)8-13(11)21-15(14(16)20)10-4-2-3-5-12(10)19/h2-8H,1H3. The number of rotatable bonds is 3. The number of hydrogen-bond acceptors (Lipinski definition) is 3. The zero-order valence-electron chi connectivity index (χ0n) is 11.9. The minimum atomic E-state index is -0.768. The Morgan fingerprint density at radius 2 is 1.91 bits per heavy atom. The second-order valence-corrected chi connectivity index (χ2v) is 5.14. The highest BCUT2D eigenvalue weighted by Crippen LogP contribution is 2.35. The molecular formula is C17H10ClF2NO2. The highest BCUT2D eigenvalue weighted by molar-refractivity contribution is 6.67. The Kier molecular flexibility index (Phi) is 3.96. The van der Waals surface area contributed by atoms with Crippen molar-refractivity contribution in [3.63, 3.8) is 0 Å². The van der Waals surface area contributed by atoms with Crippen molar-refractivity contribution in [2.45, 2.75) is 0 Å². The second kappa shape index (κ2) is 5.93. The number of aromatic nitrogens is 1. The molecule has 116 valence electrons. The van der Waals surface area contributed by atoms with Crippen molar-refractivity contribution in [1.82, 2.24) is 4.98 Å². The van der Waals surface area contributed by atoms with Crippen LogP contribution in [0.15, 0.2) is 42.5 Å². The molecule has 0 radical (unpaired) electrons. The molecule has 0 N–H and O–H groups in total. The molecule has 0 aliphatic carbocycles. The lowest BCUT2D eigenvalue weighted by Gasteiger charge is -2.12. The minimum absolute atomic E-state index is 0.00723. The number of pyridine rings is 1. The number of nitrogens with zero attached hydrogens (tertiary/aromatic N) is 1. The van der Waals surface area contributed by atoms with Crippen LogP contribution in [0.25, 0.3) is 22.2 Å². The van der Waals surface area contributed by atoms with Gasteiger partial charge in [-0.05, 0) is 41.9 Å². The molecule has 0 saturated heterocycles. The number of fused-ring (bicyclic) bond motifs is 1. The number of ether oxygens (including phenoxy) is 1. The smallest absolute Gasteiger partial charge is 0.252 e. The molecule has 3 aromatic rings. The van der Waals surface area contributed by atoms with Crippen molar-refractivity contribution in [3.05, 3.63) is 59.7 Å². The van der Waals surface area contributed by atoms with E-state index in [4.69, 9.17) is 16.3 Å². The first-order valence-corrected chi connectivity index (χ1v) is 7.02. The Hall–Kier alpha value is -2.53. The summed E-state index contributed by atoms with van der Waals surface area (Å²) in [5.41, 5.74) is 0.312. The molecular weight excluding hydrogens is 324 g/mol. The van der Waals surface area contributed by atoms with E-state index < -0.39 is 16.9 Å². The van der Waals surface area contributed by atoms with Crippen molar-refractivity contribution in [1.29, 1.82) is 0 Å². The van der Waals surface area contributed by atoms with Gasteiger partial charge in [-0.3, -0.25) is 4.79 Å². The lowest BCUT2D eigenvalue weighted by molar-refractivity contribution is 0.108. The summed E-state index contributed by atoms with van der Waals surface area (Å²) in [6.45, 7) is 0. The van der Waals surface area contributed by atoms with Crippen LogP contribution < -0.4 is 4.74 Å². The predicted molar refractivity (Wildman–Crippen MR) is 83.8 cm³/mol. The van der Waals surface area contributed by atoms with Gasteiger partial charge in [0, 0.05) is 16.5 Å². The van der Waals surface area contributed by atoms with Gasteiger partial charge in [-0.2, -0.15) is 0 Å². The van der Waals surface area contributed by atoms with Crippen LogP contribution in [0.2, 0.25) is 0 Å². The first-order chi connectivity index (χ1) is 11.0. The summed E-state index contributed by atoms with van der Waals surface area (Å²) in [4.78, 5) is 15.4. The lowest BCUT2D eigenvalue weighted by atomic mass is 10.1. The van der Waals surface area contributed by atoms with E-state index >= 15 is 0 Å². The van der Waals surface area contributed by atoms with Crippen LogP contribution in [0.3, 0.4) is 0 Å². The summed E-state index contributed by atoms with van der Waals surface area (Å²) in [6.07, 6.45) is 0. The molecule has 3 rings (SSSR count). The second-order valence-electron chi connectivity index (χ2n) is 4.79. The quantitative estimate of drug-likeness (QED) is 0.659. The topological polar surface area (TPSA) is 39.2 Å². The molecule has 2 aromatic carbocycles. The highest BCUT2D eigenvalue weighted by Gasteiger charge is 2.20. The average molecular weight is 334 g/mol. The van der Waals surface area contributed by atoms with Crippen LogP contribution >= 0.6 is 11.6 Å². The van der Waals surface area contributed by atoms with E-state index in [0.29, 0.717) is 5.39 Å². The maximum atomic E-state index is 14.7. The molecule has 0 saturated carbocycles. The number of hydrogen-bond donors (Lipinski definition) is 0. The number of methoxy groups -OCH3 is 1. The van der Waals surface area contributed by atoms with E-state index in [1.54, 1.807) is 6.07 Å². The predicted octanol–water partition coefficient (Wildman–Crippen LogP) is 4.57. The fraction of sp³-hybridized carbons (Fsp3) is 0.0588. The van der Waals surface area contributed by atoms with Gasteiger partial charge in [0.05, 0.1) is 12.6 Å². The Balaban J connectivity index is 2.36. The summed E-state index contributed by atoms with van der Waals surface area (Å²) in [6, 6.07) is 10.1. The molecule has 0 amide bonds. The zero-order valence-corrected chi connectivity index (χ0v) is 12.7. The summed E-state index contributed by atoms with van der Waals surface area (Å²) < 4.78 is 33.8. The van der Waals surface area contributed by atoms with E-state index in [0.717, 1.165) is 0 Å². The van der Waals surface area contributed by atoms with Crippen LogP contribution in [0.1, 0.15) is 10.4 Å². The largest absolute Gasteiger partial charge is 0.493 e. The molecule has 0 bridgehead atoms. The highest BCUT2D eigenvalue weighted by atomic mass is 35.5. The van der Waals surface area contributed by atoms with Crippen LogP contribution in [0.4, 0.5) is 8.78 Å². The van der Waals surface area contributed by atoms with Gasteiger partial charge in [0.15, 0.2) is 11.6 Å². The minimum Gasteiger partial charge on any atom is -0.493 e. The molecule has 0 aliphatic rings. The Morgan fingerprint density at radius 1 is 1.17 bits per heavy atom. The van der Waals surface area contributed by atoms with Crippen molar-refractivity contribution < 1.29 is 18.3 Å². The molecule has 23 heavy (non-hydrogen) atoms. The third kappa shape index (κ3) is 2.64. The van der Waals surface area contributed by atoms with Crippen LogP contribution in [-0.2, 0) is 0 Å². The van der Waals surface area contributed by atoms with Gasteiger partial charge in [-0.25, -0.2) is 13.8 Å². The molecule has 3 nitrogen and oxygen atoms in total. The monoisotopic (exact) mass is 333 g/mol. The van der Waals surface area contributed by atoms with E-state index in [1.807, 2.05) is 0 Å². The lowest BCUT2D eigenvalue weighted by Crippen LogP contribution is -1.99. The number of carbonyl (C=O) groups excluding carboxylic acids is 1. The maximum absolute atomic E-state index is 14.7. The van der Waals surface area contributed by atoms with Crippen LogP contribution in [0, 0.1) is 11.6 Å². The fourth-order valence-electron chi connectivity index (χ4n) is 2.36. The van der Waals surface area contributed by atoms with Gasteiger partial charge >= 0.3 is 0 Å². The van der Waals surface area contributed by atoms with Gasteiger partial charge in [0.1, 0.15) is 11.5 Å². The van der Waals surface area contributed by atoms with E-state index in [2.05, 4.69) is 4.98 Å². The van der Waals surface area contributed by atoms with Gasteiger partial charge < -0.3 is 4.74 Å². The van der Waals surface area contributed by atoms with Crippen LogP contribution in [-0.4, -0.2) is 17.3 Å². The Bertz CT molecular complexity index is 928. The third-order valence-corrected chi connectivity index (χ3v) is 3.66. The number of carbonyl (C=O) groups is 1. The summed E-state index contributed by atoms with van der Waals surface area (Å²) >= 11 is 5.46. The van der Waals surface area contributed by atoms with Gasteiger partial charge in [-0.1, -0.05) is 12.1 Å². The first-order valence-electron chi connectivity index (χ1n) is 6.65. The Labute approximate surface area is 135 Å². The van der Waals surface area contributed by atoms with Crippen molar-refractivity contribution in [2.24, 2.45) is 0 Å². The first kappa shape index (κ1) is 15.4. The molecule has 1 heterocycles. The maximum Gasteiger partial charge on any atom is 0.252 e. The summed E-state index contributed by atoms with van der Waals surface area (Å²) in [5.74, 6) is -1.44. The fourth-order valence-corrected chi connectivity index (χ4v) is 2.48. The number of benzene rings is 2. The molecule has 6 heteroatoms. The molecule has 0 atom stereocenters. The molecule has 0 fully saturated rings. The molecule has 0 unspecified atom stereocenters. The molecule has 1 aromatic heterocycles. The van der Waals surface area contributed by atoms with E-state index in [9.17, 15) is 13.6 Å². The van der Waals surface area contributed by atoms with Gasteiger partial charge in [0.2, 0.25) is 0 Å². The summed E-state index contributed by atoms with van der Waals surface area (Å²) in [7, 11) is 1.31. The molecule has 0 spiro atoms. The van der Waals surface area contributed by atoms with Crippen molar-refractivity contribution in [3.8, 4) is 17.0 Å². The Morgan fingerprint density at radius 3 is 2.57 bits per heavy atom. The normalized spacial score (nSPS) is 10.8. The average Bonchev–Trinajstić information content (AvgIpc) is 2.54. The SMILES string of the molecule is COc1c(F)c(-c2ccccc2F)nc2cc(C(=O)Cl)ccc12. The molecule has 0 aliphatic heterocycles. The zero-order chi connectivity index (χ0) is 16.6. The van der Waals surface area contributed by atoms with Crippen molar-refractivity contribution in [2.75, 3.05) is 7.11 Å². The van der Waals surface area contributed by atoms with Crippen LogP contribution in [0.5, 0.6) is 5.75 Å². The van der Waals surface area contributed by atoms with Crippen molar-refractivity contribution >= 4 is 27.7 Å². The number of halogens is 3. The van der Waals surface area contributed by atoms with E-state index in [1.165, 1.54) is 43.5 Å². The summed E-state index contributed by atoms with van der Waals surface area (Å²) in [5, 5.41) is -0.295. The van der Waals surface area contributed by atoms with Gasteiger partial charge in [0.25, 0.3) is 5.24 Å². The van der Waals surface area contributed by atoms with E-state index in [-0.39, 0.29) is 28.1 Å². The third-order valence-electron chi connectivity index (χ3n) is 3.44.